The summed E-state index contributed by atoms with van der Waals surface area (Å²) in [6, 6.07) is -0.585. The number of carbonyl (C=O) groups excluding carboxylic acids is 1. The first kappa shape index (κ1) is 12.1. The van der Waals surface area contributed by atoms with Crippen molar-refractivity contribution in [1.82, 2.24) is 10.6 Å². The van der Waals surface area contributed by atoms with Gasteiger partial charge in [0.05, 0.1) is 0 Å². The lowest BCUT2D eigenvalue weighted by atomic mass is 10.2. The predicted molar refractivity (Wildman–Crippen MR) is 60.4 cm³/mol. The van der Waals surface area contributed by atoms with E-state index in [1.807, 2.05) is 6.92 Å². The standard InChI is InChI=1S/C10H16N4O2/c1-2-7(14-10(11)12)9(15)16-8-5-3-4-6-13-8/h3-8,13H,2H2,1H3,(H4,11,12,14). The Kier molecular flexibility index (Phi) is 4.38. The Morgan fingerprint density at radius 3 is 2.94 bits per heavy atom. The minimum atomic E-state index is -0.585. The molecule has 2 atom stereocenters. The van der Waals surface area contributed by atoms with E-state index >= 15 is 0 Å². The molecule has 0 amide bonds. The maximum atomic E-state index is 11.6. The van der Waals surface area contributed by atoms with Crippen molar-refractivity contribution >= 4 is 11.9 Å². The van der Waals surface area contributed by atoms with Crippen molar-refractivity contribution in [3.63, 3.8) is 0 Å². The second-order valence-corrected chi connectivity index (χ2v) is 3.29. The van der Waals surface area contributed by atoms with Crippen LogP contribution < -0.4 is 16.4 Å². The summed E-state index contributed by atoms with van der Waals surface area (Å²) in [5.74, 6) is -0.675. The Labute approximate surface area is 94.0 Å². The van der Waals surface area contributed by atoms with Gasteiger partial charge in [-0.05, 0) is 24.8 Å². The Balaban J connectivity index is 2.45. The summed E-state index contributed by atoms with van der Waals surface area (Å²) in [4.78, 5) is 11.6. The predicted octanol–water partition coefficient (Wildman–Crippen LogP) is -0.210. The first-order valence-corrected chi connectivity index (χ1v) is 5.04. The van der Waals surface area contributed by atoms with Crippen molar-refractivity contribution in [3.05, 3.63) is 24.4 Å². The maximum absolute atomic E-state index is 11.6. The molecule has 5 N–H and O–H groups in total. The third-order valence-electron chi connectivity index (χ3n) is 2.02. The number of nitrogens with two attached hydrogens (primary N) is 1. The number of hydrogen-bond acceptors (Lipinski definition) is 4. The third-order valence-corrected chi connectivity index (χ3v) is 2.02. The number of nitrogens with one attached hydrogen (secondary N) is 3. The summed E-state index contributed by atoms with van der Waals surface area (Å²) in [6.07, 6.45) is 7.05. The van der Waals surface area contributed by atoms with Gasteiger partial charge in [0.15, 0.2) is 12.2 Å². The van der Waals surface area contributed by atoms with E-state index in [-0.39, 0.29) is 5.96 Å². The Morgan fingerprint density at radius 1 is 1.69 bits per heavy atom. The van der Waals surface area contributed by atoms with E-state index in [1.54, 1.807) is 24.4 Å². The second kappa shape index (κ2) is 5.79. The highest BCUT2D eigenvalue weighted by atomic mass is 16.6. The molecule has 6 nitrogen and oxygen atoms in total. The average molecular weight is 224 g/mol. The number of guanidine groups is 1. The van der Waals surface area contributed by atoms with Crippen LogP contribution in [0.1, 0.15) is 13.3 Å². The SMILES string of the molecule is CCC(NC(=N)N)C(=O)OC1C=CC=CN1. The van der Waals surface area contributed by atoms with Crippen LogP contribution >= 0.6 is 0 Å². The number of esters is 1. The summed E-state index contributed by atoms with van der Waals surface area (Å²) in [5.41, 5.74) is 5.16. The normalized spacial score (nSPS) is 19.7. The van der Waals surface area contributed by atoms with E-state index in [0.717, 1.165) is 0 Å². The molecule has 1 aliphatic rings. The largest absolute Gasteiger partial charge is 0.437 e. The molecule has 16 heavy (non-hydrogen) atoms. The Hall–Kier alpha value is -1.98. The van der Waals surface area contributed by atoms with Crippen molar-refractivity contribution in [1.29, 1.82) is 5.41 Å². The second-order valence-electron chi connectivity index (χ2n) is 3.29. The van der Waals surface area contributed by atoms with Crippen LogP contribution in [0.5, 0.6) is 0 Å². The molecule has 1 aliphatic heterocycles. The zero-order chi connectivity index (χ0) is 12.0. The van der Waals surface area contributed by atoms with E-state index < -0.39 is 18.2 Å². The number of ether oxygens (including phenoxy) is 1. The van der Waals surface area contributed by atoms with Gasteiger partial charge in [0.2, 0.25) is 0 Å². The fourth-order valence-corrected chi connectivity index (χ4v) is 1.22. The highest BCUT2D eigenvalue weighted by Gasteiger charge is 2.21. The molecule has 88 valence electrons. The fraction of sp³-hybridized carbons (Fsp3) is 0.400. The van der Waals surface area contributed by atoms with Crippen molar-refractivity contribution in [2.75, 3.05) is 0 Å². The van der Waals surface area contributed by atoms with E-state index in [1.165, 1.54) is 0 Å². The number of allylic oxidation sites excluding steroid dienone is 2. The summed E-state index contributed by atoms with van der Waals surface area (Å²) in [7, 11) is 0. The van der Waals surface area contributed by atoms with Crippen molar-refractivity contribution < 1.29 is 9.53 Å². The van der Waals surface area contributed by atoms with Gasteiger partial charge in [-0.15, -0.1) is 0 Å². The molecule has 1 heterocycles. The molecule has 0 radical (unpaired) electrons. The van der Waals surface area contributed by atoms with Crippen LogP contribution in [0, 0.1) is 5.41 Å². The smallest absolute Gasteiger partial charge is 0.330 e. The van der Waals surface area contributed by atoms with Gasteiger partial charge < -0.3 is 21.1 Å². The lowest BCUT2D eigenvalue weighted by Gasteiger charge is -2.21. The van der Waals surface area contributed by atoms with Gasteiger partial charge in [0.25, 0.3) is 0 Å². The zero-order valence-electron chi connectivity index (χ0n) is 9.07. The minimum Gasteiger partial charge on any atom is -0.437 e. The monoisotopic (exact) mass is 224 g/mol. The van der Waals surface area contributed by atoms with Gasteiger partial charge in [-0.3, -0.25) is 5.41 Å². The van der Waals surface area contributed by atoms with E-state index in [2.05, 4.69) is 10.6 Å². The van der Waals surface area contributed by atoms with E-state index in [9.17, 15) is 4.79 Å². The topological polar surface area (TPSA) is 100 Å². The van der Waals surface area contributed by atoms with Crippen LogP contribution in [0.25, 0.3) is 0 Å². The van der Waals surface area contributed by atoms with Gasteiger partial charge in [0.1, 0.15) is 6.04 Å². The molecular weight excluding hydrogens is 208 g/mol. The molecule has 1 rings (SSSR count). The molecule has 0 aromatic rings. The first-order chi connectivity index (χ1) is 7.63. The molecule has 0 spiro atoms. The van der Waals surface area contributed by atoms with Gasteiger partial charge in [-0.25, -0.2) is 4.79 Å². The number of hydrogen-bond donors (Lipinski definition) is 4. The van der Waals surface area contributed by atoms with Gasteiger partial charge in [0, 0.05) is 0 Å². The Morgan fingerprint density at radius 2 is 2.44 bits per heavy atom. The molecule has 0 aliphatic carbocycles. The summed E-state index contributed by atoms with van der Waals surface area (Å²) >= 11 is 0. The van der Waals surface area contributed by atoms with Crippen molar-refractivity contribution in [2.24, 2.45) is 5.73 Å². The Bertz CT molecular complexity index is 325. The van der Waals surface area contributed by atoms with Gasteiger partial charge in [-0.2, -0.15) is 0 Å². The minimum absolute atomic E-state index is 0.240. The quantitative estimate of drug-likeness (QED) is 0.301. The maximum Gasteiger partial charge on any atom is 0.330 e. The molecule has 0 aromatic carbocycles. The molecular formula is C10H16N4O2. The molecule has 6 heteroatoms. The molecule has 0 saturated heterocycles. The number of rotatable bonds is 4. The summed E-state index contributed by atoms with van der Waals surface area (Å²) < 4.78 is 5.14. The van der Waals surface area contributed by atoms with Crippen LogP contribution in [0.15, 0.2) is 24.4 Å². The van der Waals surface area contributed by atoms with Crippen LogP contribution in [-0.4, -0.2) is 24.2 Å². The van der Waals surface area contributed by atoms with Crippen molar-refractivity contribution in [3.8, 4) is 0 Å². The number of carbonyl (C=O) groups is 1. The summed E-state index contributed by atoms with van der Waals surface area (Å²) in [5, 5.41) is 12.5. The van der Waals surface area contributed by atoms with Crippen LogP contribution in [0.4, 0.5) is 0 Å². The third kappa shape index (κ3) is 3.64. The van der Waals surface area contributed by atoms with Gasteiger partial charge >= 0.3 is 5.97 Å². The van der Waals surface area contributed by atoms with Gasteiger partial charge in [-0.1, -0.05) is 13.0 Å². The van der Waals surface area contributed by atoms with Crippen molar-refractivity contribution in [2.45, 2.75) is 25.6 Å². The summed E-state index contributed by atoms with van der Waals surface area (Å²) in [6.45, 7) is 1.81. The molecule has 0 fully saturated rings. The van der Waals surface area contributed by atoms with Crippen LogP contribution in [-0.2, 0) is 9.53 Å². The average Bonchev–Trinajstić information content (AvgIpc) is 2.26. The van der Waals surface area contributed by atoms with Crippen LogP contribution in [0.2, 0.25) is 0 Å². The molecule has 0 aromatic heterocycles. The number of dihydropyridines is 1. The fourth-order valence-electron chi connectivity index (χ4n) is 1.22. The molecule has 2 unspecified atom stereocenters. The van der Waals surface area contributed by atoms with E-state index in [4.69, 9.17) is 15.9 Å². The first-order valence-electron chi connectivity index (χ1n) is 5.04. The lowest BCUT2D eigenvalue weighted by Crippen LogP contribution is -2.46. The lowest BCUT2D eigenvalue weighted by molar-refractivity contribution is -0.150. The molecule has 0 bridgehead atoms. The highest BCUT2D eigenvalue weighted by molar-refractivity contribution is 5.83. The zero-order valence-corrected chi connectivity index (χ0v) is 9.07. The van der Waals surface area contributed by atoms with Crippen LogP contribution in [0.3, 0.4) is 0 Å². The van der Waals surface area contributed by atoms with E-state index in [0.29, 0.717) is 6.42 Å². The molecule has 0 saturated carbocycles. The highest BCUT2D eigenvalue weighted by Crippen LogP contribution is 2.01.